The van der Waals surface area contributed by atoms with Gasteiger partial charge in [0.25, 0.3) is 5.91 Å². The van der Waals surface area contributed by atoms with E-state index in [1.807, 2.05) is 4.90 Å². The lowest BCUT2D eigenvalue weighted by molar-refractivity contribution is 0.0782. The second-order valence-corrected chi connectivity index (χ2v) is 5.39. The number of benzene rings is 1. The molecular weight excluding hydrogens is 256 g/mol. The highest BCUT2D eigenvalue weighted by Gasteiger charge is 2.38. The van der Waals surface area contributed by atoms with Crippen molar-refractivity contribution < 1.29 is 14.3 Å². The summed E-state index contributed by atoms with van der Waals surface area (Å²) in [6, 6.07) is 5.80. The molecule has 0 unspecified atom stereocenters. The van der Waals surface area contributed by atoms with Crippen molar-refractivity contribution in [1.82, 2.24) is 10.2 Å². The maximum Gasteiger partial charge on any atom is 0.254 e. The number of ether oxygens (including phenoxy) is 2. The number of amides is 1. The van der Waals surface area contributed by atoms with Crippen LogP contribution in [0.1, 0.15) is 16.8 Å². The van der Waals surface area contributed by atoms with Crippen LogP contribution in [0.5, 0.6) is 11.5 Å². The lowest BCUT2D eigenvalue weighted by Crippen LogP contribution is -2.33. The van der Waals surface area contributed by atoms with Gasteiger partial charge >= 0.3 is 0 Å². The van der Waals surface area contributed by atoms with Gasteiger partial charge in [-0.1, -0.05) is 0 Å². The average molecular weight is 276 g/mol. The van der Waals surface area contributed by atoms with E-state index in [4.69, 9.17) is 9.47 Å². The van der Waals surface area contributed by atoms with Crippen molar-refractivity contribution in [3.05, 3.63) is 23.8 Å². The van der Waals surface area contributed by atoms with E-state index in [9.17, 15) is 4.79 Å². The summed E-state index contributed by atoms with van der Waals surface area (Å²) in [4.78, 5) is 14.5. The fraction of sp³-hybridized carbons (Fsp3) is 0.533. The first-order valence-electron chi connectivity index (χ1n) is 6.97. The van der Waals surface area contributed by atoms with Gasteiger partial charge in [0.2, 0.25) is 0 Å². The van der Waals surface area contributed by atoms with Gasteiger partial charge in [-0.2, -0.15) is 0 Å². The molecule has 2 aliphatic heterocycles. The quantitative estimate of drug-likeness (QED) is 0.899. The Bertz CT molecular complexity index is 506. The molecule has 0 spiro atoms. The Morgan fingerprint density at radius 2 is 2.05 bits per heavy atom. The molecule has 2 heterocycles. The summed E-state index contributed by atoms with van der Waals surface area (Å²) in [6.45, 7) is 2.73. The Labute approximate surface area is 118 Å². The smallest absolute Gasteiger partial charge is 0.254 e. The zero-order chi connectivity index (χ0) is 14.1. The van der Waals surface area contributed by atoms with Gasteiger partial charge < -0.3 is 19.7 Å². The minimum Gasteiger partial charge on any atom is -0.493 e. The van der Waals surface area contributed by atoms with Gasteiger partial charge in [0.05, 0.1) is 14.2 Å². The van der Waals surface area contributed by atoms with Crippen LogP contribution in [0.2, 0.25) is 0 Å². The van der Waals surface area contributed by atoms with Crippen LogP contribution < -0.4 is 14.8 Å². The average Bonchev–Trinajstić information content (AvgIpc) is 3.06. The van der Waals surface area contributed by atoms with Crippen LogP contribution in [-0.4, -0.2) is 50.7 Å². The Balaban J connectivity index is 1.77. The first-order valence-corrected chi connectivity index (χ1v) is 6.97. The van der Waals surface area contributed by atoms with Crippen molar-refractivity contribution in [2.75, 3.05) is 33.9 Å². The topological polar surface area (TPSA) is 50.8 Å². The second kappa shape index (κ2) is 5.32. The first-order chi connectivity index (χ1) is 9.72. The minimum absolute atomic E-state index is 0.0714. The van der Waals surface area contributed by atoms with Gasteiger partial charge in [0, 0.05) is 24.7 Å². The molecule has 3 rings (SSSR count). The number of hydrogen-bond acceptors (Lipinski definition) is 4. The number of carbonyl (C=O) groups excluding carboxylic acids is 1. The van der Waals surface area contributed by atoms with Gasteiger partial charge in [-0.15, -0.1) is 0 Å². The van der Waals surface area contributed by atoms with E-state index >= 15 is 0 Å². The molecule has 1 aromatic carbocycles. The summed E-state index contributed by atoms with van der Waals surface area (Å²) in [5, 5.41) is 3.46. The molecule has 20 heavy (non-hydrogen) atoms. The standard InChI is InChI=1S/C15H20N2O3/c1-19-13-4-3-10(7-14(13)20-2)15(18)17-8-11-5-6-16-12(11)9-17/h3-4,7,11-12,16H,5-6,8-9H2,1-2H3/t11-,12+/m0/s1. The van der Waals surface area contributed by atoms with E-state index in [1.54, 1.807) is 32.4 Å². The Hall–Kier alpha value is -1.75. The SMILES string of the molecule is COc1ccc(C(=O)N2C[C@@H]3CCN[C@@H]3C2)cc1OC. The molecule has 2 atom stereocenters. The van der Waals surface area contributed by atoms with Gasteiger partial charge in [0.15, 0.2) is 11.5 Å². The van der Waals surface area contributed by atoms with Crippen LogP contribution in [0.4, 0.5) is 0 Å². The van der Waals surface area contributed by atoms with Crippen LogP contribution in [0, 0.1) is 5.92 Å². The Morgan fingerprint density at radius 3 is 2.75 bits per heavy atom. The fourth-order valence-electron chi connectivity index (χ4n) is 3.17. The number of carbonyl (C=O) groups is 1. The lowest BCUT2D eigenvalue weighted by atomic mass is 10.1. The van der Waals surface area contributed by atoms with Crippen molar-refractivity contribution in [1.29, 1.82) is 0 Å². The number of methoxy groups -OCH3 is 2. The third kappa shape index (κ3) is 2.22. The number of likely N-dealkylation sites (tertiary alicyclic amines) is 1. The normalized spacial score (nSPS) is 24.6. The molecule has 2 aliphatic rings. The van der Waals surface area contributed by atoms with Crippen LogP contribution in [-0.2, 0) is 0 Å². The van der Waals surface area contributed by atoms with Crippen molar-refractivity contribution in [2.45, 2.75) is 12.5 Å². The minimum atomic E-state index is 0.0714. The van der Waals surface area contributed by atoms with E-state index in [0.717, 1.165) is 19.6 Å². The van der Waals surface area contributed by atoms with E-state index in [2.05, 4.69) is 5.32 Å². The van der Waals surface area contributed by atoms with Crippen molar-refractivity contribution in [3.63, 3.8) is 0 Å². The Kier molecular flexibility index (Phi) is 3.53. The second-order valence-electron chi connectivity index (χ2n) is 5.39. The molecule has 0 saturated carbocycles. The summed E-state index contributed by atoms with van der Waals surface area (Å²) in [5.41, 5.74) is 0.655. The summed E-state index contributed by atoms with van der Waals surface area (Å²) in [5.74, 6) is 1.92. The predicted octanol–water partition coefficient (Wildman–Crippen LogP) is 1.14. The van der Waals surface area contributed by atoms with Crippen LogP contribution in [0.3, 0.4) is 0 Å². The highest BCUT2D eigenvalue weighted by atomic mass is 16.5. The molecule has 0 radical (unpaired) electrons. The summed E-state index contributed by atoms with van der Waals surface area (Å²) >= 11 is 0. The van der Waals surface area contributed by atoms with Crippen molar-refractivity contribution in [3.8, 4) is 11.5 Å². The molecule has 1 aromatic rings. The van der Waals surface area contributed by atoms with Crippen LogP contribution in [0.25, 0.3) is 0 Å². The number of rotatable bonds is 3. The molecule has 108 valence electrons. The third-order valence-electron chi connectivity index (χ3n) is 4.28. The van der Waals surface area contributed by atoms with Crippen molar-refractivity contribution >= 4 is 5.91 Å². The van der Waals surface area contributed by atoms with Gasteiger partial charge in [0.1, 0.15) is 0 Å². The van der Waals surface area contributed by atoms with Crippen LogP contribution in [0.15, 0.2) is 18.2 Å². The third-order valence-corrected chi connectivity index (χ3v) is 4.28. The van der Waals surface area contributed by atoms with E-state index < -0.39 is 0 Å². The molecule has 0 aromatic heterocycles. The molecule has 1 N–H and O–H groups in total. The zero-order valence-corrected chi connectivity index (χ0v) is 11.9. The number of fused-ring (bicyclic) bond motifs is 1. The van der Waals surface area contributed by atoms with Gasteiger partial charge in [-0.05, 0) is 37.1 Å². The Morgan fingerprint density at radius 1 is 1.25 bits per heavy atom. The molecule has 0 aliphatic carbocycles. The molecule has 2 fully saturated rings. The molecular formula is C15H20N2O3. The van der Waals surface area contributed by atoms with E-state index in [-0.39, 0.29) is 5.91 Å². The largest absolute Gasteiger partial charge is 0.493 e. The van der Waals surface area contributed by atoms with Gasteiger partial charge in [-0.25, -0.2) is 0 Å². The lowest BCUT2D eigenvalue weighted by Gasteiger charge is -2.18. The summed E-state index contributed by atoms with van der Waals surface area (Å²) in [7, 11) is 3.17. The molecule has 2 saturated heterocycles. The van der Waals surface area contributed by atoms with Crippen molar-refractivity contribution in [2.24, 2.45) is 5.92 Å². The first kappa shape index (κ1) is 13.2. The molecule has 0 bridgehead atoms. The number of hydrogen-bond donors (Lipinski definition) is 1. The maximum atomic E-state index is 12.5. The summed E-state index contributed by atoms with van der Waals surface area (Å²) < 4.78 is 10.5. The molecule has 5 heteroatoms. The number of nitrogens with zero attached hydrogens (tertiary/aromatic N) is 1. The highest BCUT2D eigenvalue weighted by Crippen LogP contribution is 2.30. The van der Waals surface area contributed by atoms with E-state index in [0.29, 0.717) is 29.0 Å². The number of nitrogens with one attached hydrogen (secondary N) is 1. The van der Waals surface area contributed by atoms with E-state index in [1.165, 1.54) is 6.42 Å². The monoisotopic (exact) mass is 276 g/mol. The fourth-order valence-corrected chi connectivity index (χ4v) is 3.17. The molecule has 1 amide bonds. The molecule has 5 nitrogen and oxygen atoms in total. The van der Waals surface area contributed by atoms with Crippen LogP contribution >= 0.6 is 0 Å². The summed E-state index contributed by atoms with van der Waals surface area (Å²) in [6.07, 6.45) is 1.17. The highest BCUT2D eigenvalue weighted by molar-refractivity contribution is 5.95. The maximum absolute atomic E-state index is 12.5. The predicted molar refractivity (Wildman–Crippen MR) is 75.3 cm³/mol. The van der Waals surface area contributed by atoms with Gasteiger partial charge in [-0.3, -0.25) is 4.79 Å². The zero-order valence-electron chi connectivity index (χ0n) is 11.9.